The molecule has 0 spiro atoms. The summed E-state index contributed by atoms with van der Waals surface area (Å²) < 4.78 is 6.15. The van der Waals surface area contributed by atoms with Crippen LogP contribution in [0.5, 0.6) is 0 Å². The molecule has 0 N–H and O–H groups in total. The van der Waals surface area contributed by atoms with Gasteiger partial charge < -0.3 is 9.22 Å². The van der Waals surface area contributed by atoms with E-state index in [1.807, 2.05) is 0 Å². The first-order chi connectivity index (χ1) is 7.89. The zero-order valence-corrected chi connectivity index (χ0v) is 12.3. The Balaban J connectivity index is 3.73. The van der Waals surface area contributed by atoms with E-state index in [2.05, 4.69) is 35.0 Å². The molecule has 102 valence electrons. The molecule has 1 unspecified atom stereocenters. The van der Waals surface area contributed by atoms with Crippen LogP contribution < -0.4 is 0 Å². The highest BCUT2D eigenvalue weighted by Gasteiger charge is 2.14. The lowest BCUT2D eigenvalue weighted by molar-refractivity contribution is -0.869. The highest BCUT2D eigenvalue weighted by atomic mass is 16.5. The summed E-state index contributed by atoms with van der Waals surface area (Å²) in [5.41, 5.74) is 0. The van der Waals surface area contributed by atoms with E-state index in [-0.39, 0.29) is 5.97 Å². The maximum absolute atomic E-state index is 11.6. The first kappa shape index (κ1) is 16.4. The van der Waals surface area contributed by atoms with E-state index in [0.717, 1.165) is 17.4 Å². The van der Waals surface area contributed by atoms with Gasteiger partial charge in [-0.2, -0.15) is 0 Å². The topological polar surface area (TPSA) is 26.3 Å². The fourth-order valence-corrected chi connectivity index (χ4v) is 1.61. The zero-order valence-electron chi connectivity index (χ0n) is 12.3. The molecule has 0 aromatic rings. The van der Waals surface area contributed by atoms with Gasteiger partial charge in [-0.1, -0.05) is 33.1 Å². The van der Waals surface area contributed by atoms with Crippen molar-refractivity contribution in [2.75, 3.05) is 34.3 Å². The van der Waals surface area contributed by atoms with Gasteiger partial charge in [0.25, 0.3) is 0 Å². The summed E-state index contributed by atoms with van der Waals surface area (Å²) >= 11 is 0. The number of nitrogens with zero attached hydrogens (tertiary/aromatic N) is 1. The van der Waals surface area contributed by atoms with Crippen LogP contribution in [-0.2, 0) is 9.53 Å². The Morgan fingerprint density at radius 2 is 1.88 bits per heavy atom. The van der Waals surface area contributed by atoms with Crippen LogP contribution in [0.2, 0.25) is 0 Å². The molecule has 3 nitrogen and oxygen atoms in total. The standard InChI is InChI=1S/C14H30NO2/c1-6-8-9-13(7-2)12-17-14(16)10-11-15(3,4)5/h13H,6-12H2,1-5H3/q+1. The summed E-state index contributed by atoms with van der Waals surface area (Å²) in [6, 6.07) is 0. The van der Waals surface area contributed by atoms with E-state index in [9.17, 15) is 4.79 Å². The van der Waals surface area contributed by atoms with Crippen LogP contribution in [0.4, 0.5) is 0 Å². The minimum atomic E-state index is -0.0481. The predicted molar refractivity (Wildman–Crippen MR) is 71.8 cm³/mol. The zero-order chi connectivity index (χ0) is 13.3. The van der Waals surface area contributed by atoms with E-state index in [0.29, 0.717) is 18.9 Å². The molecule has 0 aliphatic carbocycles. The minimum Gasteiger partial charge on any atom is -0.465 e. The van der Waals surface area contributed by atoms with Gasteiger partial charge in [0.2, 0.25) is 0 Å². The first-order valence-electron chi connectivity index (χ1n) is 6.85. The Morgan fingerprint density at radius 3 is 2.35 bits per heavy atom. The summed E-state index contributed by atoms with van der Waals surface area (Å²) in [4.78, 5) is 11.6. The average molecular weight is 244 g/mol. The SMILES string of the molecule is CCCCC(CC)COC(=O)CC[N+](C)(C)C. The molecule has 0 aliphatic rings. The van der Waals surface area contributed by atoms with E-state index < -0.39 is 0 Å². The number of esters is 1. The Bertz CT molecular complexity index is 209. The van der Waals surface area contributed by atoms with Crippen molar-refractivity contribution in [3.63, 3.8) is 0 Å². The summed E-state index contributed by atoms with van der Waals surface area (Å²) in [6.45, 7) is 5.80. The number of rotatable bonds is 9. The molecule has 0 saturated carbocycles. The molecule has 0 bridgehead atoms. The lowest BCUT2D eigenvalue weighted by atomic mass is 10.0. The molecule has 0 radical (unpaired) electrons. The Kier molecular flexibility index (Phi) is 8.23. The third kappa shape index (κ3) is 10.3. The molecular formula is C14H30NO2+. The second kappa shape index (κ2) is 8.51. The van der Waals surface area contributed by atoms with Gasteiger partial charge in [0.1, 0.15) is 0 Å². The van der Waals surface area contributed by atoms with Crippen LogP contribution in [0.15, 0.2) is 0 Å². The molecule has 0 amide bonds. The van der Waals surface area contributed by atoms with Crippen molar-refractivity contribution in [2.45, 2.75) is 46.0 Å². The molecule has 0 aliphatic heterocycles. The number of unbranched alkanes of at least 4 members (excludes halogenated alkanes) is 1. The van der Waals surface area contributed by atoms with E-state index in [1.165, 1.54) is 19.3 Å². The van der Waals surface area contributed by atoms with Crippen LogP contribution in [0, 0.1) is 5.92 Å². The molecule has 0 rings (SSSR count). The lowest BCUT2D eigenvalue weighted by Gasteiger charge is -2.23. The number of hydrogen-bond donors (Lipinski definition) is 0. The van der Waals surface area contributed by atoms with Crippen molar-refractivity contribution in [3.05, 3.63) is 0 Å². The van der Waals surface area contributed by atoms with Gasteiger partial charge in [0.15, 0.2) is 0 Å². The molecule has 1 atom stereocenters. The van der Waals surface area contributed by atoms with Crippen molar-refractivity contribution < 1.29 is 14.0 Å². The van der Waals surface area contributed by atoms with E-state index in [1.54, 1.807) is 0 Å². The summed E-state index contributed by atoms with van der Waals surface area (Å²) in [5.74, 6) is 0.496. The molecule has 0 aromatic heterocycles. The molecule has 17 heavy (non-hydrogen) atoms. The largest absolute Gasteiger partial charge is 0.465 e. The first-order valence-corrected chi connectivity index (χ1v) is 6.85. The lowest BCUT2D eigenvalue weighted by Crippen LogP contribution is -2.36. The van der Waals surface area contributed by atoms with Crippen molar-refractivity contribution in [2.24, 2.45) is 5.92 Å². The highest BCUT2D eigenvalue weighted by molar-refractivity contribution is 5.69. The van der Waals surface area contributed by atoms with Gasteiger partial charge >= 0.3 is 5.97 Å². The average Bonchev–Trinajstić information content (AvgIpc) is 2.25. The molecule has 0 saturated heterocycles. The highest BCUT2D eigenvalue weighted by Crippen LogP contribution is 2.13. The maximum Gasteiger partial charge on any atom is 0.311 e. The smallest absolute Gasteiger partial charge is 0.311 e. The Hall–Kier alpha value is -0.570. The Labute approximate surface area is 107 Å². The van der Waals surface area contributed by atoms with Crippen LogP contribution in [0.25, 0.3) is 0 Å². The quantitative estimate of drug-likeness (QED) is 0.460. The second-order valence-electron chi connectivity index (χ2n) is 5.86. The molecule has 3 heteroatoms. The molecular weight excluding hydrogens is 214 g/mol. The molecule has 0 aromatic carbocycles. The van der Waals surface area contributed by atoms with Crippen molar-refractivity contribution in [1.82, 2.24) is 0 Å². The van der Waals surface area contributed by atoms with Crippen LogP contribution in [-0.4, -0.2) is 44.7 Å². The Morgan fingerprint density at radius 1 is 1.24 bits per heavy atom. The summed E-state index contributed by atoms with van der Waals surface area (Å²) in [7, 11) is 6.26. The number of carbonyl (C=O) groups is 1. The van der Waals surface area contributed by atoms with Gasteiger partial charge in [-0.15, -0.1) is 0 Å². The van der Waals surface area contributed by atoms with E-state index in [4.69, 9.17) is 4.74 Å². The van der Waals surface area contributed by atoms with Crippen molar-refractivity contribution in [1.29, 1.82) is 0 Å². The monoisotopic (exact) mass is 244 g/mol. The van der Waals surface area contributed by atoms with E-state index >= 15 is 0 Å². The molecule has 0 heterocycles. The van der Waals surface area contributed by atoms with Gasteiger partial charge in [-0.05, 0) is 12.3 Å². The van der Waals surface area contributed by atoms with Gasteiger partial charge in [-0.3, -0.25) is 4.79 Å². The fourth-order valence-electron chi connectivity index (χ4n) is 1.61. The number of ether oxygens (including phenoxy) is 1. The number of hydrogen-bond acceptors (Lipinski definition) is 2. The fraction of sp³-hybridized carbons (Fsp3) is 0.929. The van der Waals surface area contributed by atoms with Crippen molar-refractivity contribution >= 4 is 5.97 Å². The summed E-state index contributed by atoms with van der Waals surface area (Å²) in [6.07, 6.45) is 5.24. The van der Waals surface area contributed by atoms with Gasteiger partial charge in [0.05, 0.1) is 40.7 Å². The number of carbonyl (C=O) groups excluding carboxylic acids is 1. The maximum atomic E-state index is 11.6. The molecule has 0 fully saturated rings. The van der Waals surface area contributed by atoms with Crippen LogP contribution >= 0.6 is 0 Å². The van der Waals surface area contributed by atoms with Gasteiger partial charge in [0, 0.05) is 0 Å². The van der Waals surface area contributed by atoms with Crippen LogP contribution in [0.3, 0.4) is 0 Å². The summed E-state index contributed by atoms with van der Waals surface area (Å²) in [5, 5.41) is 0. The third-order valence-electron chi connectivity index (χ3n) is 3.01. The van der Waals surface area contributed by atoms with Crippen LogP contribution in [0.1, 0.15) is 46.0 Å². The number of quaternary nitrogens is 1. The predicted octanol–water partition coefficient (Wildman–Crippen LogP) is 2.84. The third-order valence-corrected chi connectivity index (χ3v) is 3.01. The second-order valence-corrected chi connectivity index (χ2v) is 5.86. The normalized spacial score (nSPS) is 13.5. The van der Waals surface area contributed by atoms with Gasteiger partial charge in [-0.25, -0.2) is 0 Å². The minimum absolute atomic E-state index is 0.0481. The van der Waals surface area contributed by atoms with Crippen molar-refractivity contribution in [3.8, 4) is 0 Å².